The standard InChI is InChI=1S/C10H17N3/c1-8-5-7-13(12-8)9(2)10-4-3-6-11-10/h5,7,9-11H,3-4,6H2,1-2H3/t9-,10-/m0/s1. The van der Waals surface area contributed by atoms with E-state index in [4.69, 9.17) is 0 Å². The number of aromatic nitrogens is 2. The number of hydrogen-bond acceptors (Lipinski definition) is 2. The maximum atomic E-state index is 4.43. The van der Waals surface area contributed by atoms with Crippen LogP contribution in [-0.2, 0) is 0 Å². The third kappa shape index (κ3) is 1.75. The Labute approximate surface area is 79.1 Å². The molecule has 3 heteroatoms. The number of nitrogens with one attached hydrogen (secondary N) is 1. The van der Waals surface area contributed by atoms with Gasteiger partial charge in [-0.25, -0.2) is 0 Å². The van der Waals surface area contributed by atoms with E-state index in [1.54, 1.807) is 0 Å². The average Bonchev–Trinajstić information content (AvgIpc) is 2.72. The van der Waals surface area contributed by atoms with E-state index >= 15 is 0 Å². The van der Waals surface area contributed by atoms with E-state index in [9.17, 15) is 0 Å². The molecule has 72 valence electrons. The van der Waals surface area contributed by atoms with Crippen molar-refractivity contribution < 1.29 is 0 Å². The Kier molecular flexibility index (Phi) is 2.36. The number of aryl methyl sites for hydroxylation is 1. The molecular formula is C10H17N3. The summed E-state index contributed by atoms with van der Waals surface area (Å²) in [5.41, 5.74) is 1.10. The predicted molar refractivity (Wildman–Crippen MR) is 52.7 cm³/mol. The Balaban J connectivity index is 2.07. The normalized spacial score (nSPS) is 24.9. The van der Waals surface area contributed by atoms with Crippen LogP contribution in [0.15, 0.2) is 12.3 Å². The van der Waals surface area contributed by atoms with E-state index < -0.39 is 0 Å². The van der Waals surface area contributed by atoms with Gasteiger partial charge in [0.2, 0.25) is 0 Å². The van der Waals surface area contributed by atoms with Crippen molar-refractivity contribution in [3.05, 3.63) is 18.0 Å². The van der Waals surface area contributed by atoms with Gasteiger partial charge in [-0.05, 0) is 39.3 Å². The highest BCUT2D eigenvalue weighted by Gasteiger charge is 2.22. The number of hydrogen-bond donors (Lipinski definition) is 1. The smallest absolute Gasteiger partial charge is 0.0644 e. The number of rotatable bonds is 2. The summed E-state index contributed by atoms with van der Waals surface area (Å²) in [5, 5.41) is 7.94. The maximum absolute atomic E-state index is 4.43. The summed E-state index contributed by atoms with van der Waals surface area (Å²) in [7, 11) is 0. The van der Waals surface area contributed by atoms with Gasteiger partial charge in [0, 0.05) is 12.2 Å². The molecule has 1 N–H and O–H groups in total. The van der Waals surface area contributed by atoms with Gasteiger partial charge in [-0.15, -0.1) is 0 Å². The molecule has 0 bridgehead atoms. The highest BCUT2D eigenvalue weighted by Crippen LogP contribution is 2.18. The molecular weight excluding hydrogens is 162 g/mol. The molecule has 2 rings (SSSR count). The molecule has 0 unspecified atom stereocenters. The maximum Gasteiger partial charge on any atom is 0.0644 e. The largest absolute Gasteiger partial charge is 0.312 e. The van der Waals surface area contributed by atoms with Crippen LogP contribution in [0.5, 0.6) is 0 Å². The molecule has 1 saturated heterocycles. The van der Waals surface area contributed by atoms with E-state index in [2.05, 4.69) is 34.3 Å². The lowest BCUT2D eigenvalue weighted by atomic mass is 10.1. The lowest BCUT2D eigenvalue weighted by molar-refractivity contribution is 0.378. The summed E-state index contributed by atoms with van der Waals surface area (Å²) < 4.78 is 2.07. The first-order valence-electron chi connectivity index (χ1n) is 5.02. The van der Waals surface area contributed by atoms with E-state index in [0.29, 0.717) is 12.1 Å². The molecule has 1 aromatic heterocycles. The van der Waals surface area contributed by atoms with Gasteiger partial charge in [-0.3, -0.25) is 4.68 Å². The average molecular weight is 179 g/mol. The molecule has 2 heterocycles. The lowest BCUT2D eigenvalue weighted by Gasteiger charge is -2.19. The van der Waals surface area contributed by atoms with Crippen LogP contribution in [0.4, 0.5) is 0 Å². The van der Waals surface area contributed by atoms with Crippen LogP contribution < -0.4 is 5.32 Å². The van der Waals surface area contributed by atoms with Crippen molar-refractivity contribution in [1.82, 2.24) is 15.1 Å². The van der Waals surface area contributed by atoms with E-state index in [-0.39, 0.29) is 0 Å². The molecule has 1 aromatic rings. The van der Waals surface area contributed by atoms with Crippen molar-refractivity contribution in [2.75, 3.05) is 6.54 Å². The van der Waals surface area contributed by atoms with Crippen molar-refractivity contribution in [3.8, 4) is 0 Å². The highest BCUT2D eigenvalue weighted by atomic mass is 15.3. The summed E-state index contributed by atoms with van der Waals surface area (Å²) in [4.78, 5) is 0. The van der Waals surface area contributed by atoms with Gasteiger partial charge < -0.3 is 5.32 Å². The van der Waals surface area contributed by atoms with Gasteiger partial charge in [0.25, 0.3) is 0 Å². The van der Waals surface area contributed by atoms with Crippen LogP contribution in [-0.4, -0.2) is 22.4 Å². The Morgan fingerprint density at radius 3 is 3.08 bits per heavy atom. The number of nitrogens with zero attached hydrogens (tertiary/aromatic N) is 2. The minimum atomic E-state index is 0.483. The van der Waals surface area contributed by atoms with Gasteiger partial charge in [0.05, 0.1) is 11.7 Å². The predicted octanol–water partition coefficient (Wildman–Crippen LogP) is 1.50. The monoisotopic (exact) mass is 179 g/mol. The zero-order valence-corrected chi connectivity index (χ0v) is 8.33. The van der Waals surface area contributed by atoms with Crippen LogP contribution in [0.1, 0.15) is 31.5 Å². The van der Waals surface area contributed by atoms with E-state index in [1.807, 2.05) is 6.92 Å². The van der Waals surface area contributed by atoms with E-state index in [0.717, 1.165) is 12.2 Å². The molecule has 0 aromatic carbocycles. The van der Waals surface area contributed by atoms with Gasteiger partial charge in [-0.2, -0.15) is 5.10 Å². The van der Waals surface area contributed by atoms with E-state index in [1.165, 1.54) is 12.8 Å². The minimum Gasteiger partial charge on any atom is -0.312 e. The zero-order chi connectivity index (χ0) is 9.26. The van der Waals surface area contributed by atoms with Crippen LogP contribution >= 0.6 is 0 Å². The molecule has 0 aliphatic carbocycles. The highest BCUT2D eigenvalue weighted by molar-refractivity contribution is 4.97. The second kappa shape index (κ2) is 3.50. The molecule has 0 radical (unpaired) electrons. The molecule has 0 amide bonds. The summed E-state index contributed by atoms with van der Waals surface area (Å²) >= 11 is 0. The fraction of sp³-hybridized carbons (Fsp3) is 0.700. The van der Waals surface area contributed by atoms with Crippen LogP contribution in [0.2, 0.25) is 0 Å². The molecule has 3 nitrogen and oxygen atoms in total. The third-order valence-electron chi connectivity index (χ3n) is 2.84. The molecule has 1 fully saturated rings. The Morgan fingerprint density at radius 2 is 2.54 bits per heavy atom. The molecule has 0 saturated carbocycles. The van der Waals surface area contributed by atoms with Crippen molar-refractivity contribution >= 4 is 0 Å². The summed E-state index contributed by atoms with van der Waals surface area (Å²) in [6.07, 6.45) is 4.65. The van der Waals surface area contributed by atoms with Crippen molar-refractivity contribution in [1.29, 1.82) is 0 Å². The Bertz CT molecular complexity index is 273. The van der Waals surface area contributed by atoms with Gasteiger partial charge in [0.15, 0.2) is 0 Å². The zero-order valence-electron chi connectivity index (χ0n) is 8.33. The molecule has 1 aliphatic heterocycles. The topological polar surface area (TPSA) is 29.9 Å². The van der Waals surface area contributed by atoms with Gasteiger partial charge in [0.1, 0.15) is 0 Å². The fourth-order valence-electron chi connectivity index (χ4n) is 1.97. The summed E-state index contributed by atoms with van der Waals surface area (Å²) in [5.74, 6) is 0. The second-order valence-electron chi connectivity index (χ2n) is 3.88. The fourth-order valence-corrected chi connectivity index (χ4v) is 1.97. The molecule has 13 heavy (non-hydrogen) atoms. The van der Waals surface area contributed by atoms with Crippen LogP contribution in [0.25, 0.3) is 0 Å². The lowest BCUT2D eigenvalue weighted by Crippen LogP contribution is -2.31. The minimum absolute atomic E-state index is 0.483. The van der Waals surface area contributed by atoms with Crippen LogP contribution in [0, 0.1) is 6.92 Å². The second-order valence-corrected chi connectivity index (χ2v) is 3.88. The Morgan fingerprint density at radius 1 is 1.69 bits per heavy atom. The summed E-state index contributed by atoms with van der Waals surface area (Å²) in [6, 6.07) is 3.15. The van der Waals surface area contributed by atoms with Crippen molar-refractivity contribution in [3.63, 3.8) is 0 Å². The molecule has 1 aliphatic rings. The van der Waals surface area contributed by atoms with Gasteiger partial charge >= 0.3 is 0 Å². The van der Waals surface area contributed by atoms with Crippen LogP contribution in [0.3, 0.4) is 0 Å². The quantitative estimate of drug-likeness (QED) is 0.745. The van der Waals surface area contributed by atoms with Crippen molar-refractivity contribution in [2.24, 2.45) is 0 Å². The molecule has 0 spiro atoms. The third-order valence-corrected chi connectivity index (χ3v) is 2.84. The van der Waals surface area contributed by atoms with Gasteiger partial charge in [-0.1, -0.05) is 0 Å². The Hall–Kier alpha value is -0.830. The first-order chi connectivity index (χ1) is 6.27. The van der Waals surface area contributed by atoms with Crippen molar-refractivity contribution in [2.45, 2.75) is 38.8 Å². The first kappa shape index (κ1) is 8.75. The summed E-state index contributed by atoms with van der Waals surface area (Å²) in [6.45, 7) is 5.43. The molecule has 2 atom stereocenters. The SMILES string of the molecule is Cc1ccn([C@@H](C)[C@@H]2CCCN2)n1. The first-order valence-corrected chi connectivity index (χ1v) is 5.02.